The van der Waals surface area contributed by atoms with E-state index < -0.39 is 0 Å². The zero-order valence-electron chi connectivity index (χ0n) is 14.8. The molecule has 0 aliphatic carbocycles. The quantitative estimate of drug-likeness (QED) is 0.224. The van der Waals surface area contributed by atoms with Crippen LogP contribution >= 0.6 is 0 Å². The average molecular weight is 303 g/mol. The summed E-state index contributed by atoms with van der Waals surface area (Å²) < 4.78 is 0. The molecule has 1 rings (SSSR count). The summed E-state index contributed by atoms with van der Waals surface area (Å²) in [6.45, 7) is 2.29. The van der Waals surface area contributed by atoms with Crippen LogP contribution in [0.5, 0.6) is 0 Å². The van der Waals surface area contributed by atoms with E-state index in [4.69, 9.17) is 0 Å². The fourth-order valence-electron chi connectivity index (χ4n) is 3.01. The standard InChI is InChI=1S/C21H36N/c1-2-3-4-5-6-7-8-9-10-11-12-13-14-15-17-21-18-16-19-22-20-21/h16,18-19H,2-15,17H2,1H3/q+1. The van der Waals surface area contributed by atoms with E-state index in [1.807, 2.05) is 6.08 Å². The van der Waals surface area contributed by atoms with Gasteiger partial charge in [-0.3, -0.25) is 0 Å². The number of nitrogens with zero attached hydrogens (tertiary/aromatic N) is 1. The summed E-state index contributed by atoms with van der Waals surface area (Å²) in [6.07, 6.45) is 30.1. The number of hydrogen-bond acceptors (Lipinski definition) is 1. The van der Waals surface area contributed by atoms with Gasteiger partial charge in [0.1, 0.15) is 11.8 Å². The van der Waals surface area contributed by atoms with Gasteiger partial charge in [0.15, 0.2) is 6.20 Å². The zero-order valence-corrected chi connectivity index (χ0v) is 14.8. The molecule has 1 nitrogen and oxygen atoms in total. The SMILES string of the molecule is CCCCCCCCCCCCCCCCC1=[C+]N=CC=C1. The van der Waals surface area contributed by atoms with Crippen LogP contribution in [0.4, 0.5) is 0 Å². The van der Waals surface area contributed by atoms with E-state index in [-0.39, 0.29) is 0 Å². The maximum atomic E-state index is 4.04. The van der Waals surface area contributed by atoms with Crippen LogP contribution in [-0.4, -0.2) is 6.21 Å². The molecule has 0 saturated heterocycles. The Morgan fingerprint density at radius 2 is 1.23 bits per heavy atom. The monoisotopic (exact) mass is 302 g/mol. The molecule has 0 bridgehead atoms. The van der Waals surface area contributed by atoms with Crippen LogP contribution in [0.25, 0.3) is 0 Å². The van der Waals surface area contributed by atoms with Crippen molar-refractivity contribution in [2.24, 2.45) is 4.99 Å². The lowest BCUT2D eigenvalue weighted by Gasteiger charge is -2.03. The lowest BCUT2D eigenvalue weighted by molar-refractivity contribution is 0.535. The summed E-state index contributed by atoms with van der Waals surface area (Å²) >= 11 is 0. The molecule has 0 saturated carbocycles. The van der Waals surface area contributed by atoms with E-state index >= 15 is 0 Å². The fourth-order valence-corrected chi connectivity index (χ4v) is 3.01. The van der Waals surface area contributed by atoms with Crippen molar-refractivity contribution in [3.63, 3.8) is 0 Å². The van der Waals surface area contributed by atoms with Crippen molar-refractivity contribution in [3.05, 3.63) is 23.9 Å². The Labute approximate surface area is 139 Å². The van der Waals surface area contributed by atoms with Crippen molar-refractivity contribution < 1.29 is 0 Å². The minimum atomic E-state index is 1.14. The van der Waals surface area contributed by atoms with E-state index in [9.17, 15) is 0 Å². The molecule has 124 valence electrons. The van der Waals surface area contributed by atoms with Gasteiger partial charge in [-0.15, -0.1) is 0 Å². The van der Waals surface area contributed by atoms with E-state index in [1.54, 1.807) is 6.21 Å². The second-order valence-corrected chi connectivity index (χ2v) is 6.62. The Morgan fingerprint density at radius 1 is 0.727 bits per heavy atom. The molecule has 1 heteroatoms. The molecule has 0 spiro atoms. The molecule has 0 aromatic carbocycles. The first-order valence-electron chi connectivity index (χ1n) is 9.75. The van der Waals surface area contributed by atoms with Crippen LogP contribution in [-0.2, 0) is 0 Å². The van der Waals surface area contributed by atoms with Gasteiger partial charge in [-0.05, 0) is 6.42 Å². The lowest BCUT2D eigenvalue weighted by atomic mass is 10.0. The third kappa shape index (κ3) is 11.7. The van der Waals surface area contributed by atoms with Gasteiger partial charge in [0.2, 0.25) is 0 Å². The molecule has 0 atom stereocenters. The number of hydrogen-bond donors (Lipinski definition) is 0. The van der Waals surface area contributed by atoms with Crippen molar-refractivity contribution >= 4 is 6.21 Å². The molecule has 22 heavy (non-hydrogen) atoms. The van der Waals surface area contributed by atoms with E-state index in [1.165, 1.54) is 95.5 Å². The fraction of sp³-hybridized carbons (Fsp3) is 0.762. The Morgan fingerprint density at radius 3 is 1.68 bits per heavy atom. The summed E-state index contributed by atoms with van der Waals surface area (Å²) in [5.41, 5.74) is 1.27. The zero-order chi connectivity index (χ0) is 15.7. The van der Waals surface area contributed by atoms with Crippen molar-refractivity contribution in [1.29, 1.82) is 0 Å². The van der Waals surface area contributed by atoms with Crippen molar-refractivity contribution in [2.45, 2.75) is 103 Å². The van der Waals surface area contributed by atoms with Crippen LogP contribution in [0.15, 0.2) is 22.7 Å². The highest BCUT2D eigenvalue weighted by molar-refractivity contribution is 5.73. The number of rotatable bonds is 15. The van der Waals surface area contributed by atoms with Crippen LogP contribution in [0, 0.1) is 6.20 Å². The predicted molar refractivity (Wildman–Crippen MR) is 99.3 cm³/mol. The second-order valence-electron chi connectivity index (χ2n) is 6.62. The van der Waals surface area contributed by atoms with E-state index in [2.05, 4.69) is 24.2 Å². The second kappa shape index (κ2) is 15.0. The highest BCUT2D eigenvalue weighted by Gasteiger charge is 2.03. The first-order valence-corrected chi connectivity index (χ1v) is 9.75. The van der Waals surface area contributed by atoms with Gasteiger partial charge in [-0.2, -0.15) is 0 Å². The van der Waals surface area contributed by atoms with Gasteiger partial charge in [0, 0.05) is 6.42 Å². The Kier molecular flexibility index (Phi) is 13.0. The maximum absolute atomic E-state index is 4.04. The maximum Gasteiger partial charge on any atom is 0.159 e. The Hall–Kier alpha value is -0.940. The smallest absolute Gasteiger partial charge is 0.0740 e. The molecular weight excluding hydrogens is 266 g/mol. The first kappa shape index (κ1) is 19.1. The van der Waals surface area contributed by atoms with Crippen molar-refractivity contribution in [1.82, 2.24) is 0 Å². The third-order valence-electron chi connectivity index (χ3n) is 4.47. The Bertz CT molecular complexity index is 325. The molecule has 1 aliphatic heterocycles. The minimum Gasteiger partial charge on any atom is -0.0740 e. The van der Waals surface area contributed by atoms with E-state index in [0.717, 1.165) is 6.42 Å². The molecule has 0 aromatic rings. The van der Waals surface area contributed by atoms with Gasteiger partial charge >= 0.3 is 0 Å². The van der Waals surface area contributed by atoms with Gasteiger partial charge in [-0.1, -0.05) is 95.4 Å². The first-order chi connectivity index (χ1) is 10.9. The topological polar surface area (TPSA) is 12.4 Å². The summed E-state index contributed by atoms with van der Waals surface area (Å²) in [6, 6.07) is 0. The van der Waals surface area contributed by atoms with Crippen LogP contribution in [0.1, 0.15) is 103 Å². The highest BCUT2D eigenvalue weighted by Crippen LogP contribution is 2.15. The molecular formula is C21H36N+. The summed E-state index contributed by atoms with van der Waals surface area (Å²) in [7, 11) is 0. The summed E-state index contributed by atoms with van der Waals surface area (Å²) in [5, 5.41) is 0. The molecule has 1 aliphatic rings. The third-order valence-corrected chi connectivity index (χ3v) is 4.47. The Balaban J connectivity index is 1.72. The van der Waals surface area contributed by atoms with Crippen LogP contribution < -0.4 is 0 Å². The van der Waals surface area contributed by atoms with Crippen molar-refractivity contribution in [2.75, 3.05) is 0 Å². The summed E-state index contributed by atoms with van der Waals surface area (Å²) in [4.78, 5) is 4.04. The van der Waals surface area contributed by atoms with Gasteiger partial charge in [0.25, 0.3) is 0 Å². The van der Waals surface area contributed by atoms with Gasteiger partial charge in [0.05, 0.1) is 12.2 Å². The number of unbranched alkanes of at least 4 members (excludes halogenated alkanes) is 13. The normalized spacial score (nSPS) is 13.2. The predicted octanol–water partition coefficient (Wildman–Crippen LogP) is 7.19. The molecule has 0 amide bonds. The highest BCUT2D eigenvalue weighted by atomic mass is 14.7. The molecule has 0 unspecified atom stereocenters. The average Bonchev–Trinajstić information content (AvgIpc) is 2.56. The van der Waals surface area contributed by atoms with Crippen LogP contribution in [0.2, 0.25) is 0 Å². The lowest BCUT2D eigenvalue weighted by Crippen LogP contribution is -1.86. The molecule has 0 fully saturated rings. The largest absolute Gasteiger partial charge is 0.159 e. The molecule has 0 radical (unpaired) electrons. The van der Waals surface area contributed by atoms with Crippen molar-refractivity contribution in [3.8, 4) is 0 Å². The van der Waals surface area contributed by atoms with Crippen LogP contribution in [0.3, 0.4) is 0 Å². The van der Waals surface area contributed by atoms with Gasteiger partial charge in [-0.25, -0.2) is 0 Å². The summed E-state index contributed by atoms with van der Waals surface area (Å²) in [5.74, 6) is 0. The molecule has 1 heterocycles. The number of aliphatic imine (C=N–C) groups is 1. The van der Waals surface area contributed by atoms with Gasteiger partial charge < -0.3 is 0 Å². The molecule has 0 N–H and O–H groups in total. The van der Waals surface area contributed by atoms with E-state index in [0.29, 0.717) is 0 Å². The number of allylic oxidation sites excluding steroid dienone is 3. The minimum absolute atomic E-state index is 1.14. The molecule has 0 aromatic heterocycles.